The van der Waals surface area contributed by atoms with E-state index in [0.29, 0.717) is 5.92 Å². The topological polar surface area (TPSA) is 0 Å². The summed E-state index contributed by atoms with van der Waals surface area (Å²) < 4.78 is 0. The van der Waals surface area contributed by atoms with E-state index in [4.69, 9.17) is 0 Å². The highest BCUT2D eigenvalue weighted by molar-refractivity contribution is 5.17. The lowest BCUT2D eigenvalue weighted by molar-refractivity contribution is 0.750. The van der Waals surface area contributed by atoms with Gasteiger partial charge in [0.1, 0.15) is 0 Å². The van der Waals surface area contributed by atoms with Crippen molar-refractivity contribution < 1.29 is 0 Å². The van der Waals surface area contributed by atoms with Crippen LogP contribution in [0.2, 0.25) is 0 Å². The molecule has 0 bridgehead atoms. The molecule has 1 aromatic rings. The van der Waals surface area contributed by atoms with Crippen molar-refractivity contribution in [3.63, 3.8) is 0 Å². The monoisotopic (exact) mass is 158 g/mol. The van der Waals surface area contributed by atoms with Gasteiger partial charge < -0.3 is 0 Å². The van der Waals surface area contributed by atoms with Crippen molar-refractivity contribution in [3.05, 3.63) is 35.9 Å². The second kappa shape index (κ2) is 4.62. The summed E-state index contributed by atoms with van der Waals surface area (Å²) in [7, 11) is 0. The lowest BCUT2D eigenvalue weighted by atomic mass is 10.0. The second-order valence-corrected chi connectivity index (χ2v) is 2.99. The minimum Gasteiger partial charge on any atom is -0.106 e. The molecule has 1 aromatic carbocycles. The van der Waals surface area contributed by atoms with Crippen LogP contribution in [0.15, 0.2) is 30.3 Å². The van der Waals surface area contributed by atoms with Crippen molar-refractivity contribution in [2.75, 3.05) is 0 Å². The first kappa shape index (κ1) is 8.87. The van der Waals surface area contributed by atoms with E-state index in [1.54, 1.807) is 0 Å². The maximum absolute atomic E-state index is 3.14. The molecule has 0 aliphatic rings. The molecule has 0 N–H and O–H groups in total. The molecule has 0 radical (unpaired) electrons. The second-order valence-electron chi connectivity index (χ2n) is 2.99. The molecule has 0 unspecified atom stereocenters. The average molecular weight is 158 g/mol. The predicted molar refractivity (Wildman–Crippen MR) is 52.8 cm³/mol. The average Bonchev–Trinajstić information content (AvgIpc) is 2.06. The van der Waals surface area contributed by atoms with Crippen LogP contribution in [0.3, 0.4) is 0 Å². The van der Waals surface area contributed by atoms with Gasteiger partial charge >= 0.3 is 0 Å². The van der Waals surface area contributed by atoms with Crippen molar-refractivity contribution in [3.8, 4) is 11.8 Å². The summed E-state index contributed by atoms with van der Waals surface area (Å²) in [5.41, 5.74) is 1.37. The normalized spacial score (nSPS) is 11.5. The lowest BCUT2D eigenvalue weighted by Gasteiger charge is -2.02. The predicted octanol–water partition coefficient (Wildman–Crippen LogP) is 2.89. The zero-order chi connectivity index (χ0) is 8.81. The Morgan fingerprint density at radius 2 is 1.92 bits per heavy atom. The molecule has 0 aliphatic carbocycles. The molecule has 12 heavy (non-hydrogen) atoms. The fraction of sp³-hybridized carbons (Fsp3) is 0.333. The van der Waals surface area contributed by atoms with Gasteiger partial charge in [0, 0.05) is 5.92 Å². The van der Waals surface area contributed by atoms with Crippen LogP contribution in [0.1, 0.15) is 19.4 Å². The Morgan fingerprint density at radius 1 is 1.25 bits per heavy atom. The Hall–Kier alpha value is -1.22. The molecule has 0 heteroatoms. The van der Waals surface area contributed by atoms with Crippen LogP contribution < -0.4 is 0 Å². The highest BCUT2D eigenvalue weighted by atomic mass is 14.0. The third kappa shape index (κ3) is 2.80. The van der Waals surface area contributed by atoms with Crippen molar-refractivity contribution >= 4 is 0 Å². The zero-order valence-electron chi connectivity index (χ0n) is 7.67. The van der Waals surface area contributed by atoms with Gasteiger partial charge in [-0.25, -0.2) is 0 Å². The number of rotatable bonds is 2. The van der Waals surface area contributed by atoms with Gasteiger partial charge in [0.05, 0.1) is 0 Å². The standard InChI is InChI=1S/C12H14/c1-3-7-11(2)10-12-8-5-4-6-9-12/h4-6,8-9,11H,10H2,1-2H3/t11-/m0/s1. The maximum Gasteiger partial charge on any atom is 0.0214 e. The first-order valence-electron chi connectivity index (χ1n) is 4.29. The summed E-state index contributed by atoms with van der Waals surface area (Å²) in [6, 6.07) is 10.5. The van der Waals surface area contributed by atoms with E-state index in [2.05, 4.69) is 43.0 Å². The van der Waals surface area contributed by atoms with E-state index in [1.165, 1.54) is 5.56 Å². The van der Waals surface area contributed by atoms with Crippen molar-refractivity contribution in [2.45, 2.75) is 20.3 Å². The Balaban J connectivity index is 2.56. The summed E-state index contributed by atoms with van der Waals surface area (Å²) in [6.07, 6.45) is 1.06. The molecule has 0 aliphatic heterocycles. The molecule has 62 valence electrons. The molecule has 0 saturated carbocycles. The van der Waals surface area contributed by atoms with Crippen LogP contribution in [-0.2, 0) is 6.42 Å². The van der Waals surface area contributed by atoms with Crippen LogP contribution in [0.5, 0.6) is 0 Å². The van der Waals surface area contributed by atoms with Gasteiger partial charge in [0.2, 0.25) is 0 Å². The largest absolute Gasteiger partial charge is 0.106 e. The highest BCUT2D eigenvalue weighted by Crippen LogP contribution is 2.06. The van der Waals surface area contributed by atoms with Crippen LogP contribution in [0.4, 0.5) is 0 Å². The molecule has 0 spiro atoms. The highest BCUT2D eigenvalue weighted by Gasteiger charge is 1.97. The molecule has 1 atom stereocenters. The van der Waals surface area contributed by atoms with E-state index in [0.717, 1.165) is 6.42 Å². The fourth-order valence-corrected chi connectivity index (χ4v) is 1.27. The molecule has 1 rings (SSSR count). The van der Waals surface area contributed by atoms with Gasteiger partial charge in [0.15, 0.2) is 0 Å². The lowest BCUT2D eigenvalue weighted by Crippen LogP contribution is -1.95. The van der Waals surface area contributed by atoms with Crippen molar-refractivity contribution in [2.24, 2.45) is 5.92 Å². The van der Waals surface area contributed by atoms with Crippen LogP contribution in [0, 0.1) is 17.8 Å². The maximum atomic E-state index is 3.14. The molecule has 0 heterocycles. The van der Waals surface area contributed by atoms with Crippen molar-refractivity contribution in [1.29, 1.82) is 0 Å². The molecule has 0 saturated heterocycles. The third-order valence-electron chi connectivity index (χ3n) is 1.78. The molecular formula is C12H14. The summed E-state index contributed by atoms with van der Waals surface area (Å²) in [4.78, 5) is 0. The van der Waals surface area contributed by atoms with Crippen LogP contribution in [-0.4, -0.2) is 0 Å². The summed E-state index contributed by atoms with van der Waals surface area (Å²) in [6.45, 7) is 4.05. The fourth-order valence-electron chi connectivity index (χ4n) is 1.27. The van der Waals surface area contributed by atoms with E-state index in [9.17, 15) is 0 Å². The first-order chi connectivity index (χ1) is 5.83. The number of hydrogen-bond acceptors (Lipinski definition) is 0. The van der Waals surface area contributed by atoms with Gasteiger partial charge in [-0.15, -0.1) is 11.8 Å². The van der Waals surface area contributed by atoms with Gasteiger partial charge in [-0.3, -0.25) is 0 Å². The number of hydrogen-bond donors (Lipinski definition) is 0. The van der Waals surface area contributed by atoms with Gasteiger partial charge in [0.25, 0.3) is 0 Å². The smallest absolute Gasteiger partial charge is 0.0214 e. The Morgan fingerprint density at radius 3 is 2.50 bits per heavy atom. The molecule has 0 nitrogen and oxygen atoms in total. The number of benzene rings is 1. The Kier molecular flexibility index (Phi) is 3.41. The van der Waals surface area contributed by atoms with Gasteiger partial charge in [-0.2, -0.15) is 0 Å². The Bertz CT molecular complexity index is 274. The minimum absolute atomic E-state index is 0.470. The van der Waals surface area contributed by atoms with Crippen LogP contribution in [0.25, 0.3) is 0 Å². The van der Waals surface area contributed by atoms with E-state index >= 15 is 0 Å². The molecule has 0 fully saturated rings. The van der Waals surface area contributed by atoms with E-state index in [-0.39, 0.29) is 0 Å². The van der Waals surface area contributed by atoms with E-state index < -0.39 is 0 Å². The SMILES string of the molecule is CC#C[C@H](C)Cc1ccccc1. The summed E-state index contributed by atoms with van der Waals surface area (Å²) in [5.74, 6) is 6.55. The van der Waals surface area contributed by atoms with E-state index in [1.807, 2.05) is 13.0 Å². The molecule has 0 amide bonds. The summed E-state index contributed by atoms with van der Waals surface area (Å²) in [5, 5.41) is 0. The quantitative estimate of drug-likeness (QED) is 0.580. The minimum atomic E-state index is 0.470. The summed E-state index contributed by atoms with van der Waals surface area (Å²) >= 11 is 0. The van der Waals surface area contributed by atoms with Crippen molar-refractivity contribution in [1.82, 2.24) is 0 Å². The first-order valence-corrected chi connectivity index (χ1v) is 4.29. The zero-order valence-corrected chi connectivity index (χ0v) is 7.67. The van der Waals surface area contributed by atoms with Gasteiger partial charge in [-0.1, -0.05) is 37.3 Å². The third-order valence-corrected chi connectivity index (χ3v) is 1.78. The van der Waals surface area contributed by atoms with Gasteiger partial charge in [-0.05, 0) is 18.9 Å². The Labute approximate surface area is 74.6 Å². The molecule has 0 aromatic heterocycles. The molecular weight excluding hydrogens is 144 g/mol. The van der Waals surface area contributed by atoms with Crippen LogP contribution >= 0.6 is 0 Å².